The first-order valence-corrected chi connectivity index (χ1v) is 7.77. The smallest absolute Gasteiger partial charge is 0.387 e. The van der Waals surface area contributed by atoms with E-state index in [9.17, 15) is 13.6 Å². The number of nitrogens with zero attached hydrogens (tertiary/aromatic N) is 2. The number of aromatic nitrogens is 1. The molecule has 0 atom stereocenters. The average Bonchev–Trinajstić information content (AvgIpc) is 2.64. The minimum Gasteiger partial charge on any atom is -0.435 e. The van der Waals surface area contributed by atoms with E-state index in [-0.39, 0.29) is 11.7 Å². The van der Waals surface area contributed by atoms with Crippen molar-refractivity contribution in [1.82, 2.24) is 4.98 Å². The standard InChI is InChI=1S/C17H17F2N3O3/c18-17(19)25-14-4-2-13(3-5-14)21-16(23)12-1-6-15(20-11-12)22-7-9-24-10-8-22/h1-6,11,17H,7-10H2,(H,21,23). The molecule has 2 heterocycles. The van der Waals surface area contributed by atoms with Gasteiger partial charge in [0.15, 0.2) is 0 Å². The van der Waals surface area contributed by atoms with Crippen LogP contribution in [0, 0.1) is 0 Å². The third-order valence-electron chi connectivity index (χ3n) is 3.68. The summed E-state index contributed by atoms with van der Waals surface area (Å²) < 4.78 is 33.8. The fourth-order valence-corrected chi connectivity index (χ4v) is 2.42. The number of benzene rings is 1. The van der Waals surface area contributed by atoms with Gasteiger partial charge < -0.3 is 19.7 Å². The molecule has 1 fully saturated rings. The van der Waals surface area contributed by atoms with Crippen molar-refractivity contribution in [2.45, 2.75) is 6.61 Å². The van der Waals surface area contributed by atoms with Crippen molar-refractivity contribution in [2.24, 2.45) is 0 Å². The van der Waals surface area contributed by atoms with E-state index >= 15 is 0 Å². The van der Waals surface area contributed by atoms with E-state index in [4.69, 9.17) is 4.74 Å². The van der Waals surface area contributed by atoms with Crippen LogP contribution in [0.15, 0.2) is 42.6 Å². The molecule has 0 aliphatic carbocycles. The lowest BCUT2D eigenvalue weighted by molar-refractivity contribution is -0.0498. The minimum absolute atomic E-state index is 0.0320. The van der Waals surface area contributed by atoms with E-state index in [2.05, 4.69) is 19.9 Å². The number of alkyl halides is 2. The minimum atomic E-state index is -2.88. The number of morpholine rings is 1. The van der Waals surface area contributed by atoms with Crippen LogP contribution in [0.1, 0.15) is 10.4 Å². The Balaban J connectivity index is 1.60. The number of carbonyl (C=O) groups excluding carboxylic acids is 1. The van der Waals surface area contributed by atoms with Crippen molar-refractivity contribution in [1.29, 1.82) is 0 Å². The second kappa shape index (κ2) is 7.89. The molecule has 1 N–H and O–H groups in total. The molecule has 0 bridgehead atoms. The Kier molecular flexibility index (Phi) is 5.39. The van der Waals surface area contributed by atoms with E-state index in [1.54, 1.807) is 12.1 Å². The van der Waals surface area contributed by atoms with Gasteiger partial charge >= 0.3 is 6.61 Å². The Morgan fingerprint density at radius 2 is 1.88 bits per heavy atom. The van der Waals surface area contributed by atoms with Gasteiger partial charge in [0.1, 0.15) is 11.6 Å². The molecule has 8 heteroatoms. The third-order valence-corrected chi connectivity index (χ3v) is 3.68. The normalized spacial score (nSPS) is 14.4. The van der Waals surface area contributed by atoms with Crippen LogP contribution in [0.25, 0.3) is 0 Å². The van der Waals surface area contributed by atoms with Crippen molar-refractivity contribution in [3.63, 3.8) is 0 Å². The largest absolute Gasteiger partial charge is 0.435 e. The molecular formula is C17H17F2N3O3. The maximum Gasteiger partial charge on any atom is 0.387 e. The Hall–Kier alpha value is -2.74. The van der Waals surface area contributed by atoms with E-state index in [0.29, 0.717) is 24.5 Å². The van der Waals surface area contributed by atoms with E-state index in [1.807, 2.05) is 0 Å². The zero-order chi connectivity index (χ0) is 17.6. The zero-order valence-corrected chi connectivity index (χ0v) is 13.3. The molecule has 0 saturated carbocycles. The highest BCUT2D eigenvalue weighted by Gasteiger charge is 2.13. The van der Waals surface area contributed by atoms with Gasteiger partial charge in [-0.25, -0.2) is 4.98 Å². The third kappa shape index (κ3) is 4.63. The van der Waals surface area contributed by atoms with Gasteiger partial charge in [0, 0.05) is 25.0 Å². The van der Waals surface area contributed by atoms with Gasteiger partial charge in [-0.2, -0.15) is 8.78 Å². The van der Waals surface area contributed by atoms with Gasteiger partial charge in [-0.15, -0.1) is 0 Å². The second-order valence-electron chi connectivity index (χ2n) is 5.36. The van der Waals surface area contributed by atoms with Crippen molar-refractivity contribution < 1.29 is 23.0 Å². The number of hydrogen-bond donors (Lipinski definition) is 1. The summed E-state index contributed by atoms with van der Waals surface area (Å²) in [6, 6.07) is 9.20. The highest BCUT2D eigenvalue weighted by Crippen LogP contribution is 2.19. The molecule has 2 aromatic rings. The van der Waals surface area contributed by atoms with Crippen LogP contribution in [-0.2, 0) is 4.74 Å². The Morgan fingerprint density at radius 1 is 1.16 bits per heavy atom. The summed E-state index contributed by atoms with van der Waals surface area (Å²) in [4.78, 5) is 18.6. The molecule has 1 aliphatic rings. The van der Waals surface area contributed by atoms with Gasteiger partial charge in [0.05, 0.1) is 18.8 Å². The van der Waals surface area contributed by atoms with Crippen LogP contribution in [-0.4, -0.2) is 43.8 Å². The summed E-state index contributed by atoms with van der Waals surface area (Å²) >= 11 is 0. The number of amides is 1. The summed E-state index contributed by atoms with van der Waals surface area (Å²) in [5, 5.41) is 2.68. The van der Waals surface area contributed by atoms with Crippen LogP contribution >= 0.6 is 0 Å². The first-order chi connectivity index (χ1) is 12.1. The van der Waals surface area contributed by atoms with Crippen molar-refractivity contribution in [3.05, 3.63) is 48.2 Å². The number of pyridine rings is 1. The molecule has 1 saturated heterocycles. The van der Waals surface area contributed by atoms with Crippen molar-refractivity contribution >= 4 is 17.4 Å². The Morgan fingerprint density at radius 3 is 2.48 bits per heavy atom. The summed E-state index contributed by atoms with van der Waals surface area (Å²) in [6.07, 6.45) is 1.51. The molecule has 0 unspecified atom stereocenters. The highest BCUT2D eigenvalue weighted by molar-refractivity contribution is 6.04. The lowest BCUT2D eigenvalue weighted by Crippen LogP contribution is -2.36. The predicted molar refractivity (Wildman–Crippen MR) is 88.3 cm³/mol. The molecule has 1 amide bonds. The lowest BCUT2D eigenvalue weighted by atomic mass is 10.2. The SMILES string of the molecule is O=C(Nc1ccc(OC(F)F)cc1)c1ccc(N2CCOCC2)nc1. The Labute approximate surface area is 143 Å². The number of anilines is 2. The number of hydrogen-bond acceptors (Lipinski definition) is 5. The fourth-order valence-electron chi connectivity index (χ4n) is 2.42. The van der Waals surface area contributed by atoms with Crippen molar-refractivity contribution in [2.75, 3.05) is 36.5 Å². The van der Waals surface area contributed by atoms with Gasteiger partial charge in [-0.3, -0.25) is 4.79 Å². The van der Waals surface area contributed by atoms with Gasteiger partial charge in [0.25, 0.3) is 5.91 Å². The summed E-state index contributed by atoms with van der Waals surface area (Å²) in [5.74, 6) is 0.501. The summed E-state index contributed by atoms with van der Waals surface area (Å²) in [5.41, 5.74) is 0.883. The van der Waals surface area contributed by atoms with Crippen LogP contribution in [0.4, 0.5) is 20.3 Å². The molecule has 0 radical (unpaired) electrons. The lowest BCUT2D eigenvalue weighted by Gasteiger charge is -2.27. The van der Waals surface area contributed by atoms with Crippen molar-refractivity contribution in [3.8, 4) is 5.75 Å². The van der Waals surface area contributed by atoms with E-state index in [0.717, 1.165) is 18.9 Å². The number of nitrogens with one attached hydrogen (secondary N) is 1. The number of carbonyl (C=O) groups is 1. The summed E-state index contributed by atoms with van der Waals surface area (Å²) in [7, 11) is 0. The molecule has 3 rings (SSSR count). The molecule has 132 valence electrons. The zero-order valence-electron chi connectivity index (χ0n) is 13.3. The van der Waals surface area contributed by atoms with Gasteiger partial charge in [-0.1, -0.05) is 0 Å². The fraction of sp³-hybridized carbons (Fsp3) is 0.294. The predicted octanol–water partition coefficient (Wildman–Crippen LogP) is 2.77. The van der Waals surface area contributed by atoms with Crippen LogP contribution in [0.5, 0.6) is 5.75 Å². The summed E-state index contributed by atoms with van der Waals surface area (Å²) in [6.45, 7) is -0.0156. The number of halogens is 2. The molecule has 1 aromatic carbocycles. The topological polar surface area (TPSA) is 63.7 Å². The van der Waals surface area contributed by atoms with Crippen LogP contribution in [0.2, 0.25) is 0 Å². The second-order valence-corrected chi connectivity index (χ2v) is 5.36. The first-order valence-electron chi connectivity index (χ1n) is 7.77. The maximum absolute atomic E-state index is 12.2. The number of ether oxygens (including phenoxy) is 2. The first kappa shape index (κ1) is 17.1. The molecule has 25 heavy (non-hydrogen) atoms. The van der Waals surface area contributed by atoms with Crippen LogP contribution in [0.3, 0.4) is 0 Å². The number of rotatable bonds is 5. The maximum atomic E-state index is 12.2. The molecule has 0 spiro atoms. The van der Waals surface area contributed by atoms with Crippen LogP contribution < -0.4 is 15.0 Å². The van der Waals surface area contributed by atoms with Gasteiger partial charge in [0.2, 0.25) is 0 Å². The molecule has 1 aliphatic heterocycles. The molecule has 6 nitrogen and oxygen atoms in total. The average molecular weight is 349 g/mol. The highest BCUT2D eigenvalue weighted by atomic mass is 19.3. The monoisotopic (exact) mass is 349 g/mol. The quantitative estimate of drug-likeness (QED) is 0.899. The van der Waals surface area contributed by atoms with Gasteiger partial charge in [-0.05, 0) is 36.4 Å². The Bertz CT molecular complexity index is 702. The molecular weight excluding hydrogens is 332 g/mol. The molecule has 1 aromatic heterocycles. The van der Waals surface area contributed by atoms with E-state index < -0.39 is 6.61 Å². The van der Waals surface area contributed by atoms with E-state index in [1.165, 1.54) is 30.5 Å².